The van der Waals surface area contributed by atoms with Crippen molar-refractivity contribution in [3.63, 3.8) is 0 Å². The van der Waals surface area contributed by atoms with Crippen LogP contribution in [0.5, 0.6) is 0 Å². The maximum Gasteiger partial charge on any atom is 0.177 e. The standard InChI is InChI=1S/C18H19BrClN3O2S/c19-16-14(6-12(21)10-3-4-24-9-10)25-18-13(7-15(20)23-17(16)18)22-8-11-2-1-5-26-11/h1-2,5,7,10,12H,3-4,6,8-9,21H2,(H,22,23)/t10-,12+/m0/s1. The van der Waals surface area contributed by atoms with Crippen molar-refractivity contribution in [2.45, 2.75) is 25.4 Å². The van der Waals surface area contributed by atoms with E-state index in [9.17, 15) is 0 Å². The summed E-state index contributed by atoms with van der Waals surface area (Å²) in [6.45, 7) is 2.21. The first kappa shape index (κ1) is 18.3. The number of ether oxygens (including phenoxy) is 1. The quantitative estimate of drug-likeness (QED) is 0.520. The number of pyridine rings is 1. The molecule has 1 fully saturated rings. The first-order valence-corrected chi connectivity index (χ1v) is 10.5. The van der Waals surface area contributed by atoms with Gasteiger partial charge in [-0.2, -0.15) is 0 Å². The van der Waals surface area contributed by atoms with E-state index in [1.165, 1.54) is 4.88 Å². The molecule has 4 rings (SSSR count). The second-order valence-corrected chi connectivity index (χ2v) is 8.65. The summed E-state index contributed by atoms with van der Waals surface area (Å²) in [4.78, 5) is 5.66. The van der Waals surface area contributed by atoms with Gasteiger partial charge >= 0.3 is 0 Å². The summed E-state index contributed by atoms with van der Waals surface area (Å²) in [5.41, 5.74) is 8.62. The van der Waals surface area contributed by atoms with Crippen molar-refractivity contribution in [1.29, 1.82) is 0 Å². The normalized spacial score (nSPS) is 18.5. The molecular formula is C18H19BrClN3O2S. The molecule has 1 aliphatic heterocycles. The maximum atomic E-state index is 6.37. The third kappa shape index (κ3) is 3.77. The van der Waals surface area contributed by atoms with Crippen LogP contribution in [0.15, 0.2) is 32.5 Å². The number of nitrogens with two attached hydrogens (primary N) is 1. The first-order chi connectivity index (χ1) is 12.6. The van der Waals surface area contributed by atoms with Crippen LogP contribution in [0.3, 0.4) is 0 Å². The van der Waals surface area contributed by atoms with Gasteiger partial charge in [-0.15, -0.1) is 11.3 Å². The average Bonchev–Trinajstić information content (AvgIpc) is 3.36. The van der Waals surface area contributed by atoms with Crippen LogP contribution in [0.4, 0.5) is 5.69 Å². The second kappa shape index (κ2) is 7.86. The second-order valence-electron chi connectivity index (χ2n) is 6.43. The molecule has 0 bridgehead atoms. The van der Waals surface area contributed by atoms with Gasteiger partial charge in [0.15, 0.2) is 5.58 Å². The van der Waals surface area contributed by atoms with Crippen molar-refractivity contribution in [3.05, 3.63) is 43.8 Å². The smallest absolute Gasteiger partial charge is 0.177 e. The van der Waals surface area contributed by atoms with Crippen LogP contribution < -0.4 is 11.1 Å². The molecule has 0 saturated carbocycles. The molecule has 0 aliphatic carbocycles. The molecule has 2 atom stereocenters. The highest BCUT2D eigenvalue weighted by Crippen LogP contribution is 2.37. The maximum absolute atomic E-state index is 6.37. The van der Waals surface area contributed by atoms with Gasteiger partial charge < -0.3 is 20.2 Å². The Bertz CT molecular complexity index is 894. The minimum absolute atomic E-state index is 0.00707. The van der Waals surface area contributed by atoms with Crippen molar-refractivity contribution in [3.8, 4) is 0 Å². The van der Waals surface area contributed by atoms with Crippen molar-refractivity contribution in [1.82, 2.24) is 4.98 Å². The van der Waals surface area contributed by atoms with E-state index in [4.69, 9.17) is 26.5 Å². The van der Waals surface area contributed by atoms with E-state index in [1.54, 1.807) is 17.4 Å². The molecule has 0 aromatic carbocycles. The number of fused-ring (bicyclic) bond motifs is 1. The van der Waals surface area contributed by atoms with E-state index < -0.39 is 0 Å². The van der Waals surface area contributed by atoms with Gasteiger partial charge in [-0.3, -0.25) is 0 Å². The van der Waals surface area contributed by atoms with Crippen molar-refractivity contribution in [2.24, 2.45) is 11.7 Å². The molecule has 8 heteroatoms. The number of nitrogens with one attached hydrogen (secondary N) is 1. The summed E-state index contributed by atoms with van der Waals surface area (Å²) >= 11 is 11.5. The average molecular weight is 457 g/mol. The van der Waals surface area contributed by atoms with Crippen molar-refractivity contribution in [2.75, 3.05) is 18.5 Å². The summed E-state index contributed by atoms with van der Waals surface area (Å²) in [7, 11) is 0. The summed E-state index contributed by atoms with van der Waals surface area (Å²) < 4.78 is 12.4. The van der Waals surface area contributed by atoms with Gasteiger partial charge in [-0.25, -0.2) is 4.98 Å². The van der Waals surface area contributed by atoms with Crippen LogP contribution in [0.25, 0.3) is 11.1 Å². The fourth-order valence-corrected chi connectivity index (χ4v) is 4.53. The van der Waals surface area contributed by atoms with Crippen molar-refractivity contribution >= 4 is 55.7 Å². The number of furan rings is 1. The number of nitrogens with zero attached hydrogens (tertiary/aromatic N) is 1. The van der Waals surface area contributed by atoms with Gasteiger partial charge in [0, 0.05) is 36.6 Å². The number of anilines is 1. The predicted octanol–water partition coefficient (Wildman–Crippen LogP) is 4.82. The Labute approximate surface area is 169 Å². The molecular weight excluding hydrogens is 438 g/mol. The van der Waals surface area contributed by atoms with Crippen LogP contribution >= 0.6 is 38.9 Å². The third-order valence-corrected chi connectivity index (χ3v) is 6.53. The fraction of sp³-hybridized carbons (Fsp3) is 0.389. The van der Waals surface area contributed by atoms with Gasteiger partial charge in [0.1, 0.15) is 16.4 Å². The SMILES string of the molecule is N[C@H](Cc1oc2c(NCc3cccs3)cc(Cl)nc2c1Br)[C@H]1CCOC1. The Kier molecular flexibility index (Phi) is 5.52. The Morgan fingerprint density at radius 1 is 1.50 bits per heavy atom. The van der Waals surface area contributed by atoms with Gasteiger partial charge in [0.25, 0.3) is 0 Å². The van der Waals surface area contributed by atoms with Crippen LogP contribution in [-0.4, -0.2) is 24.2 Å². The number of thiophene rings is 1. The molecule has 0 unspecified atom stereocenters. The lowest BCUT2D eigenvalue weighted by Gasteiger charge is -2.16. The minimum atomic E-state index is -0.00707. The number of hydrogen-bond donors (Lipinski definition) is 2. The minimum Gasteiger partial charge on any atom is -0.456 e. The van der Waals surface area contributed by atoms with Crippen LogP contribution in [0, 0.1) is 5.92 Å². The lowest BCUT2D eigenvalue weighted by molar-refractivity contribution is 0.180. The molecule has 26 heavy (non-hydrogen) atoms. The molecule has 138 valence electrons. The zero-order valence-corrected chi connectivity index (χ0v) is 17.2. The molecule has 3 N–H and O–H groups in total. The topological polar surface area (TPSA) is 73.3 Å². The lowest BCUT2D eigenvalue weighted by atomic mass is 9.96. The van der Waals surface area contributed by atoms with Gasteiger partial charge in [-0.05, 0) is 39.7 Å². The Balaban J connectivity index is 1.61. The summed E-state index contributed by atoms with van der Waals surface area (Å²) in [5, 5.41) is 5.88. The number of aromatic nitrogens is 1. The van der Waals surface area contributed by atoms with E-state index in [0.717, 1.165) is 41.1 Å². The van der Waals surface area contributed by atoms with E-state index >= 15 is 0 Å². The van der Waals surface area contributed by atoms with E-state index in [-0.39, 0.29) is 6.04 Å². The molecule has 1 aliphatic rings. The highest BCUT2D eigenvalue weighted by molar-refractivity contribution is 9.10. The number of hydrogen-bond acceptors (Lipinski definition) is 6. The van der Waals surface area contributed by atoms with Gasteiger partial charge in [0.05, 0.1) is 16.8 Å². The molecule has 4 heterocycles. The monoisotopic (exact) mass is 455 g/mol. The highest BCUT2D eigenvalue weighted by Gasteiger charge is 2.26. The third-order valence-electron chi connectivity index (χ3n) is 4.64. The highest BCUT2D eigenvalue weighted by atomic mass is 79.9. The summed E-state index contributed by atoms with van der Waals surface area (Å²) in [5.74, 6) is 1.16. The number of halogens is 2. The fourth-order valence-electron chi connectivity index (χ4n) is 3.18. The molecule has 3 aromatic heterocycles. The van der Waals surface area contributed by atoms with Gasteiger partial charge in [-0.1, -0.05) is 17.7 Å². The molecule has 0 amide bonds. The van der Waals surface area contributed by atoms with E-state index in [1.807, 2.05) is 6.07 Å². The van der Waals surface area contributed by atoms with Crippen molar-refractivity contribution < 1.29 is 9.15 Å². The Morgan fingerprint density at radius 3 is 3.12 bits per heavy atom. The first-order valence-electron chi connectivity index (χ1n) is 8.49. The van der Waals surface area contributed by atoms with E-state index in [2.05, 4.69) is 37.7 Å². The van der Waals surface area contributed by atoms with Crippen LogP contribution in [0.2, 0.25) is 5.15 Å². The predicted molar refractivity (Wildman–Crippen MR) is 109 cm³/mol. The van der Waals surface area contributed by atoms with Gasteiger partial charge in [0.2, 0.25) is 0 Å². The lowest BCUT2D eigenvalue weighted by Crippen LogP contribution is -2.32. The Morgan fingerprint density at radius 2 is 2.38 bits per heavy atom. The molecule has 0 radical (unpaired) electrons. The number of rotatable bonds is 6. The largest absolute Gasteiger partial charge is 0.456 e. The summed E-state index contributed by atoms with van der Waals surface area (Å²) in [6.07, 6.45) is 1.63. The summed E-state index contributed by atoms with van der Waals surface area (Å²) in [6, 6.07) is 5.91. The van der Waals surface area contributed by atoms with Crippen LogP contribution in [-0.2, 0) is 17.7 Å². The zero-order chi connectivity index (χ0) is 18.1. The zero-order valence-electron chi connectivity index (χ0n) is 14.0. The molecule has 3 aromatic rings. The van der Waals surface area contributed by atoms with Crippen LogP contribution in [0.1, 0.15) is 17.1 Å². The molecule has 1 saturated heterocycles. The molecule has 0 spiro atoms. The van der Waals surface area contributed by atoms with E-state index in [0.29, 0.717) is 29.6 Å². The molecule has 5 nitrogen and oxygen atoms in total. The Hall–Kier alpha value is -1.12.